The smallest absolute Gasteiger partial charge is 0.239 e. The van der Waals surface area contributed by atoms with Crippen LogP contribution in [-0.4, -0.2) is 86.1 Å². The minimum Gasteiger partial charge on any atom is -0.493 e. The Hall–Kier alpha value is -3.17. The van der Waals surface area contributed by atoms with Crippen molar-refractivity contribution in [2.75, 3.05) is 64.8 Å². The van der Waals surface area contributed by atoms with Gasteiger partial charge in [-0.25, -0.2) is 4.39 Å². The molecule has 1 amide bonds. The van der Waals surface area contributed by atoms with Gasteiger partial charge in [-0.15, -0.1) is 0 Å². The minimum atomic E-state index is -0.487. The molecule has 0 bridgehead atoms. The first-order chi connectivity index (χ1) is 21.4. The van der Waals surface area contributed by atoms with Gasteiger partial charge in [-0.2, -0.15) is 0 Å². The number of anilines is 1. The van der Waals surface area contributed by atoms with Crippen LogP contribution in [-0.2, 0) is 17.8 Å². The molecular formula is C35H45ClFN5O2. The third-order valence-electron chi connectivity index (χ3n) is 9.09. The summed E-state index contributed by atoms with van der Waals surface area (Å²) < 4.78 is 20.2. The summed E-state index contributed by atoms with van der Waals surface area (Å²) in [5.41, 5.74) is 11.9. The van der Waals surface area contributed by atoms with Gasteiger partial charge in [0, 0.05) is 62.6 Å². The first-order valence-corrected chi connectivity index (χ1v) is 16.2. The Labute approximate surface area is 266 Å². The van der Waals surface area contributed by atoms with Crippen LogP contribution in [0.15, 0.2) is 60.7 Å². The molecule has 0 aliphatic carbocycles. The summed E-state index contributed by atoms with van der Waals surface area (Å²) in [4.78, 5) is 19.9. The molecule has 2 saturated heterocycles. The molecule has 1 atom stereocenters. The van der Waals surface area contributed by atoms with Gasteiger partial charge >= 0.3 is 0 Å². The van der Waals surface area contributed by atoms with Crippen molar-refractivity contribution >= 4 is 23.2 Å². The number of benzene rings is 3. The van der Waals surface area contributed by atoms with Gasteiger partial charge in [0.15, 0.2) is 0 Å². The zero-order valence-corrected chi connectivity index (χ0v) is 26.7. The van der Waals surface area contributed by atoms with Crippen LogP contribution in [0.3, 0.4) is 0 Å². The lowest BCUT2D eigenvalue weighted by Gasteiger charge is -2.39. The van der Waals surface area contributed by atoms with Crippen molar-refractivity contribution < 1.29 is 13.9 Å². The average molecular weight is 622 g/mol. The van der Waals surface area contributed by atoms with Gasteiger partial charge in [0.1, 0.15) is 11.6 Å². The largest absolute Gasteiger partial charge is 0.493 e. The predicted octanol–water partition coefficient (Wildman–Crippen LogP) is 5.51. The van der Waals surface area contributed by atoms with E-state index in [4.69, 9.17) is 22.1 Å². The van der Waals surface area contributed by atoms with Gasteiger partial charge < -0.3 is 25.6 Å². The van der Waals surface area contributed by atoms with Crippen LogP contribution in [0, 0.1) is 11.7 Å². The maximum atomic E-state index is 14.5. The summed E-state index contributed by atoms with van der Waals surface area (Å²) in [7, 11) is 1.93. The second kappa shape index (κ2) is 15.2. The maximum absolute atomic E-state index is 14.5. The Morgan fingerprint density at radius 1 is 1.02 bits per heavy atom. The summed E-state index contributed by atoms with van der Waals surface area (Å²) in [6.07, 6.45) is 2.72. The predicted molar refractivity (Wildman–Crippen MR) is 177 cm³/mol. The molecule has 0 saturated carbocycles. The highest BCUT2D eigenvalue weighted by molar-refractivity contribution is 6.30. The molecule has 2 fully saturated rings. The van der Waals surface area contributed by atoms with E-state index in [2.05, 4.69) is 51.5 Å². The van der Waals surface area contributed by atoms with Crippen molar-refractivity contribution in [3.8, 4) is 16.9 Å². The number of rotatable bonds is 11. The van der Waals surface area contributed by atoms with Gasteiger partial charge in [0.2, 0.25) is 5.91 Å². The van der Waals surface area contributed by atoms with Crippen molar-refractivity contribution in [2.24, 2.45) is 11.7 Å². The monoisotopic (exact) mass is 621 g/mol. The molecule has 9 heteroatoms. The van der Waals surface area contributed by atoms with Crippen molar-refractivity contribution in [3.63, 3.8) is 0 Å². The Morgan fingerprint density at radius 2 is 1.77 bits per heavy atom. The van der Waals surface area contributed by atoms with Crippen LogP contribution < -0.4 is 15.8 Å². The molecule has 3 aromatic rings. The van der Waals surface area contributed by atoms with E-state index in [1.165, 1.54) is 22.8 Å². The first kappa shape index (κ1) is 32.2. The number of carbonyl (C=O) groups is 1. The lowest BCUT2D eigenvalue weighted by atomic mass is 9.88. The highest BCUT2D eigenvalue weighted by Gasteiger charge is 2.33. The molecule has 3 N–H and O–H groups in total. The molecule has 2 aliphatic heterocycles. The molecular weight excluding hydrogens is 577 g/mol. The van der Waals surface area contributed by atoms with Crippen LogP contribution in [0.2, 0.25) is 5.02 Å². The third kappa shape index (κ3) is 7.91. The number of halogens is 2. The standard InChI is InChI=1S/C35H45ClFN5O2/c1-3-44-33-9-5-8-32(37)31(33)24-41-18-20-42(21-19-41)35(43)34(38)25-12-15-40(16-13-25)17-14-27-22-28(36)10-11-30(27)26-6-4-7-29(23-26)39-2/h4-11,22-23,25,34,39H,3,12-21,24,38H2,1-2H3/t34-/m1/s1. The first-order valence-electron chi connectivity index (χ1n) is 15.8. The SMILES string of the molecule is CCOc1cccc(F)c1CN1CCN(C(=O)[C@H](N)C2CCN(CCc3cc(Cl)ccc3-c3cccc(NC)c3)CC2)CC1. The number of nitrogens with two attached hydrogens (primary N) is 1. The molecule has 0 radical (unpaired) electrons. The molecule has 0 spiro atoms. The third-order valence-corrected chi connectivity index (χ3v) is 9.33. The molecule has 0 aromatic heterocycles. The van der Waals surface area contributed by atoms with Crippen LogP contribution in [0.25, 0.3) is 11.1 Å². The van der Waals surface area contributed by atoms with E-state index in [1.807, 2.05) is 31.0 Å². The van der Waals surface area contributed by atoms with E-state index < -0.39 is 6.04 Å². The fourth-order valence-electron chi connectivity index (χ4n) is 6.45. The molecule has 2 heterocycles. The molecule has 0 unspecified atom stereocenters. The summed E-state index contributed by atoms with van der Waals surface area (Å²) in [5, 5.41) is 3.97. The van der Waals surface area contributed by atoms with Gasteiger partial charge in [0.05, 0.1) is 12.6 Å². The molecule has 2 aliphatic rings. The Balaban J connectivity index is 1.09. The lowest BCUT2D eigenvalue weighted by Crippen LogP contribution is -2.55. The molecule has 7 nitrogen and oxygen atoms in total. The summed E-state index contributed by atoms with van der Waals surface area (Å²) in [6, 6.07) is 19.1. The van der Waals surface area contributed by atoms with Crippen LogP contribution in [0.4, 0.5) is 10.1 Å². The Bertz CT molecular complexity index is 1410. The lowest BCUT2D eigenvalue weighted by molar-refractivity contribution is -0.136. The molecule has 5 rings (SSSR count). The summed E-state index contributed by atoms with van der Waals surface area (Å²) >= 11 is 6.40. The number of amides is 1. The minimum absolute atomic E-state index is 0.0383. The number of nitrogens with zero attached hydrogens (tertiary/aromatic N) is 3. The zero-order chi connectivity index (χ0) is 31.1. The van der Waals surface area contributed by atoms with Crippen molar-refractivity contribution in [1.29, 1.82) is 0 Å². The normalized spacial score (nSPS) is 17.4. The van der Waals surface area contributed by atoms with E-state index in [0.29, 0.717) is 50.6 Å². The number of ether oxygens (including phenoxy) is 1. The van der Waals surface area contributed by atoms with E-state index in [0.717, 1.165) is 49.6 Å². The fraction of sp³-hybridized carbons (Fsp3) is 0.457. The average Bonchev–Trinajstić information content (AvgIpc) is 3.05. The quantitative estimate of drug-likeness (QED) is 0.294. The zero-order valence-electron chi connectivity index (χ0n) is 25.9. The highest BCUT2D eigenvalue weighted by atomic mass is 35.5. The second-order valence-corrected chi connectivity index (χ2v) is 12.3. The van der Waals surface area contributed by atoms with Gasteiger partial charge in [-0.3, -0.25) is 9.69 Å². The van der Waals surface area contributed by atoms with Crippen molar-refractivity contribution in [2.45, 2.75) is 38.8 Å². The van der Waals surface area contributed by atoms with E-state index in [1.54, 1.807) is 6.07 Å². The van der Waals surface area contributed by atoms with Crippen LogP contribution in [0.5, 0.6) is 5.75 Å². The molecule has 3 aromatic carbocycles. The summed E-state index contributed by atoms with van der Waals surface area (Å²) in [6.45, 7) is 8.20. The van der Waals surface area contributed by atoms with Crippen molar-refractivity contribution in [1.82, 2.24) is 14.7 Å². The van der Waals surface area contributed by atoms with Gasteiger partial charge in [0.25, 0.3) is 0 Å². The fourth-order valence-corrected chi connectivity index (χ4v) is 6.65. The summed E-state index contributed by atoms with van der Waals surface area (Å²) in [5.74, 6) is 0.549. The number of nitrogens with one attached hydrogen (secondary N) is 1. The maximum Gasteiger partial charge on any atom is 0.239 e. The molecule has 44 heavy (non-hydrogen) atoms. The van der Waals surface area contributed by atoms with E-state index in [9.17, 15) is 9.18 Å². The Kier molecular flexibility index (Phi) is 11.1. The van der Waals surface area contributed by atoms with Crippen LogP contribution >= 0.6 is 11.6 Å². The number of hydrogen-bond donors (Lipinski definition) is 2. The van der Waals surface area contributed by atoms with Gasteiger partial charge in [-0.05, 0) is 98.3 Å². The topological polar surface area (TPSA) is 74.1 Å². The van der Waals surface area contributed by atoms with Crippen LogP contribution in [0.1, 0.15) is 30.9 Å². The highest BCUT2D eigenvalue weighted by Crippen LogP contribution is 2.30. The number of hydrogen-bond acceptors (Lipinski definition) is 6. The number of carbonyl (C=O) groups excluding carboxylic acids is 1. The second-order valence-electron chi connectivity index (χ2n) is 11.8. The number of piperazine rings is 1. The number of likely N-dealkylation sites (tertiary alicyclic amines) is 1. The molecule has 236 valence electrons. The Morgan fingerprint density at radius 3 is 2.50 bits per heavy atom. The van der Waals surface area contributed by atoms with Gasteiger partial charge in [-0.1, -0.05) is 35.9 Å². The number of piperidine rings is 1. The van der Waals surface area contributed by atoms with Crippen molar-refractivity contribution in [3.05, 3.63) is 82.6 Å². The van der Waals surface area contributed by atoms with E-state index >= 15 is 0 Å². The van der Waals surface area contributed by atoms with E-state index in [-0.39, 0.29) is 17.6 Å².